The highest BCUT2D eigenvalue weighted by Gasteiger charge is 2.49. The third-order valence-corrected chi connectivity index (χ3v) is 7.61. The first-order valence-corrected chi connectivity index (χ1v) is 11.2. The van der Waals surface area contributed by atoms with Gasteiger partial charge in [-0.1, -0.05) is 27.7 Å². The lowest BCUT2D eigenvalue weighted by atomic mass is 9.65. The van der Waals surface area contributed by atoms with Crippen molar-refractivity contribution in [1.29, 1.82) is 0 Å². The molecule has 0 radical (unpaired) electrons. The number of rotatable bonds is 7. The van der Waals surface area contributed by atoms with Crippen LogP contribution in [-0.4, -0.2) is 54.9 Å². The molecule has 2 bridgehead atoms. The first-order chi connectivity index (χ1) is 12.1. The average molecular weight is 384 g/mol. The largest absolute Gasteiger partial charge is 0.383 e. The third kappa shape index (κ3) is 3.85. The molecule has 2 atom stereocenters. The van der Waals surface area contributed by atoms with E-state index in [-0.39, 0.29) is 10.9 Å². The topological polar surface area (TPSA) is 64.4 Å². The van der Waals surface area contributed by atoms with Crippen molar-refractivity contribution < 1.29 is 13.2 Å². The molecule has 2 fully saturated rings. The van der Waals surface area contributed by atoms with Crippen molar-refractivity contribution in [1.82, 2.24) is 14.5 Å². The summed E-state index contributed by atoms with van der Waals surface area (Å²) in [6.07, 6.45) is 5.44. The van der Waals surface area contributed by atoms with Crippen molar-refractivity contribution >= 4 is 9.84 Å². The van der Waals surface area contributed by atoms with Gasteiger partial charge in [-0.05, 0) is 30.1 Å². The lowest BCUT2D eigenvalue weighted by Crippen LogP contribution is -2.34. The van der Waals surface area contributed by atoms with Crippen LogP contribution in [0.1, 0.15) is 52.7 Å². The Hall–Kier alpha value is -0.920. The standard InChI is InChI=1S/C19H33N3O3S/c1-6-26(23,24)17-20-11-16(22(17)7-8-25-5)12-21-14-19(4)10-15(21)9-18(2,3)13-19/h11,15H,6-10,12-14H2,1-5H3/t15-,19-/m1/s1. The number of methoxy groups -OCH3 is 1. The number of sulfone groups is 1. The van der Waals surface area contributed by atoms with Gasteiger partial charge >= 0.3 is 0 Å². The quantitative estimate of drug-likeness (QED) is 0.724. The van der Waals surface area contributed by atoms with E-state index in [1.807, 2.05) is 4.57 Å². The molecule has 7 heteroatoms. The van der Waals surface area contributed by atoms with Crippen LogP contribution < -0.4 is 0 Å². The number of hydrogen-bond acceptors (Lipinski definition) is 5. The van der Waals surface area contributed by atoms with E-state index in [1.165, 1.54) is 19.3 Å². The fourth-order valence-electron chi connectivity index (χ4n) is 5.29. The monoisotopic (exact) mass is 383 g/mol. The molecular formula is C19H33N3O3S. The van der Waals surface area contributed by atoms with Gasteiger partial charge in [-0.3, -0.25) is 4.90 Å². The van der Waals surface area contributed by atoms with E-state index in [9.17, 15) is 8.42 Å². The molecule has 148 valence electrons. The molecule has 1 aliphatic carbocycles. The molecule has 1 aliphatic heterocycles. The van der Waals surface area contributed by atoms with E-state index in [0.717, 1.165) is 18.8 Å². The highest BCUT2D eigenvalue weighted by molar-refractivity contribution is 7.91. The van der Waals surface area contributed by atoms with Gasteiger partial charge in [0.05, 0.1) is 24.3 Å². The number of fused-ring (bicyclic) bond motifs is 2. The fraction of sp³-hybridized carbons (Fsp3) is 0.842. The van der Waals surface area contributed by atoms with Crippen LogP contribution >= 0.6 is 0 Å². The van der Waals surface area contributed by atoms with Crippen molar-refractivity contribution in [3.63, 3.8) is 0 Å². The molecule has 1 saturated heterocycles. The van der Waals surface area contributed by atoms with Crippen molar-refractivity contribution in [2.75, 3.05) is 26.0 Å². The summed E-state index contributed by atoms with van der Waals surface area (Å²) >= 11 is 0. The van der Waals surface area contributed by atoms with E-state index in [1.54, 1.807) is 20.2 Å². The Morgan fingerprint density at radius 3 is 2.69 bits per heavy atom. The van der Waals surface area contributed by atoms with E-state index in [0.29, 0.717) is 30.0 Å². The van der Waals surface area contributed by atoms with E-state index < -0.39 is 9.84 Å². The van der Waals surface area contributed by atoms with Crippen LogP contribution in [0.4, 0.5) is 0 Å². The Labute approximate surface area is 157 Å². The number of aromatic nitrogens is 2. The maximum Gasteiger partial charge on any atom is 0.227 e. The molecular weight excluding hydrogens is 350 g/mol. The zero-order valence-electron chi connectivity index (χ0n) is 16.8. The predicted octanol–water partition coefficient (Wildman–Crippen LogP) is 2.72. The number of likely N-dealkylation sites (tertiary alicyclic amines) is 1. The van der Waals surface area contributed by atoms with Gasteiger partial charge < -0.3 is 9.30 Å². The first-order valence-electron chi connectivity index (χ1n) is 9.59. The Balaban J connectivity index is 1.86. The molecule has 0 spiro atoms. The lowest BCUT2D eigenvalue weighted by molar-refractivity contribution is 0.125. The van der Waals surface area contributed by atoms with Gasteiger partial charge in [-0.2, -0.15) is 0 Å². The second-order valence-electron chi connectivity index (χ2n) is 9.20. The van der Waals surface area contributed by atoms with Crippen molar-refractivity contribution in [3.8, 4) is 0 Å². The van der Waals surface area contributed by atoms with Crippen LogP contribution in [0.5, 0.6) is 0 Å². The number of imidazole rings is 1. The van der Waals surface area contributed by atoms with E-state index in [2.05, 4.69) is 30.7 Å². The summed E-state index contributed by atoms with van der Waals surface area (Å²) in [5, 5.41) is 0.181. The second kappa shape index (κ2) is 6.91. The summed E-state index contributed by atoms with van der Waals surface area (Å²) in [5.41, 5.74) is 1.71. The third-order valence-electron chi connectivity index (χ3n) is 5.97. The second-order valence-corrected chi connectivity index (χ2v) is 11.4. The smallest absolute Gasteiger partial charge is 0.227 e. The highest BCUT2D eigenvalue weighted by Crippen LogP contribution is 2.52. The van der Waals surface area contributed by atoms with Crippen LogP contribution in [0, 0.1) is 10.8 Å². The summed E-state index contributed by atoms with van der Waals surface area (Å²) in [6, 6.07) is 0.570. The lowest BCUT2D eigenvalue weighted by Gasteiger charge is -2.40. The summed E-state index contributed by atoms with van der Waals surface area (Å²) < 4.78 is 31.9. The average Bonchev–Trinajstić information content (AvgIpc) is 3.03. The molecule has 1 saturated carbocycles. The molecule has 1 aromatic heterocycles. The number of ether oxygens (including phenoxy) is 1. The number of nitrogens with zero attached hydrogens (tertiary/aromatic N) is 3. The van der Waals surface area contributed by atoms with Gasteiger partial charge in [-0.15, -0.1) is 0 Å². The Morgan fingerprint density at radius 2 is 2.04 bits per heavy atom. The molecule has 6 nitrogen and oxygen atoms in total. The number of hydrogen-bond donors (Lipinski definition) is 0. The maximum atomic E-state index is 12.4. The molecule has 26 heavy (non-hydrogen) atoms. The maximum absolute atomic E-state index is 12.4. The van der Waals surface area contributed by atoms with Crippen LogP contribution in [-0.2, 0) is 27.7 Å². The van der Waals surface area contributed by atoms with Crippen LogP contribution in [0.15, 0.2) is 11.4 Å². The zero-order chi connectivity index (χ0) is 19.2. The molecule has 0 N–H and O–H groups in total. The van der Waals surface area contributed by atoms with Gasteiger partial charge in [0.25, 0.3) is 0 Å². The van der Waals surface area contributed by atoms with Gasteiger partial charge in [0.1, 0.15) is 0 Å². The summed E-state index contributed by atoms with van der Waals surface area (Å²) in [6.45, 7) is 11.6. The minimum Gasteiger partial charge on any atom is -0.383 e. The van der Waals surface area contributed by atoms with Crippen molar-refractivity contribution in [2.45, 2.75) is 71.2 Å². The zero-order valence-corrected chi connectivity index (χ0v) is 17.6. The SMILES string of the molecule is CCS(=O)(=O)c1ncc(CN2C[C@]3(C)C[C@H]2CC(C)(C)C3)n1CCOC. The predicted molar refractivity (Wildman–Crippen MR) is 102 cm³/mol. The molecule has 2 aliphatic rings. The van der Waals surface area contributed by atoms with Gasteiger partial charge in [0.15, 0.2) is 0 Å². The minimum absolute atomic E-state index is 0.0645. The molecule has 2 heterocycles. The minimum atomic E-state index is -3.34. The Kier molecular flexibility index (Phi) is 5.27. The van der Waals surface area contributed by atoms with E-state index >= 15 is 0 Å². The molecule has 0 aromatic carbocycles. The summed E-state index contributed by atoms with van der Waals surface area (Å²) in [7, 11) is -1.71. The molecule has 3 rings (SSSR count). The fourth-order valence-corrected chi connectivity index (χ4v) is 6.30. The van der Waals surface area contributed by atoms with E-state index in [4.69, 9.17) is 4.74 Å². The van der Waals surface area contributed by atoms with Crippen molar-refractivity contribution in [3.05, 3.63) is 11.9 Å². The van der Waals surface area contributed by atoms with Gasteiger partial charge in [0.2, 0.25) is 15.0 Å². The molecule has 0 unspecified atom stereocenters. The Bertz CT molecular complexity index is 756. The van der Waals surface area contributed by atoms with Crippen LogP contribution in [0.2, 0.25) is 0 Å². The van der Waals surface area contributed by atoms with Gasteiger partial charge in [0, 0.05) is 32.8 Å². The first kappa shape index (κ1) is 19.8. The normalized spacial score (nSPS) is 28.6. The van der Waals surface area contributed by atoms with Crippen LogP contribution in [0.3, 0.4) is 0 Å². The summed E-state index contributed by atoms with van der Waals surface area (Å²) in [4.78, 5) is 6.82. The molecule has 1 aromatic rings. The summed E-state index contributed by atoms with van der Waals surface area (Å²) in [5.74, 6) is 0.0645. The van der Waals surface area contributed by atoms with Crippen LogP contribution in [0.25, 0.3) is 0 Å². The highest BCUT2D eigenvalue weighted by atomic mass is 32.2. The van der Waals surface area contributed by atoms with Gasteiger partial charge in [-0.25, -0.2) is 13.4 Å². The molecule has 0 amide bonds. The Morgan fingerprint density at radius 1 is 1.31 bits per heavy atom. The van der Waals surface area contributed by atoms with Crippen molar-refractivity contribution in [2.24, 2.45) is 10.8 Å².